The standard InChI is InChI=1S/C19H15ClN4OS/c20-13-5-3-11(4-6-13)12-8-14-17(15(25)9-12)18(16-2-1-7-26-16)24-19(23-14)21-10-22-24/h1-7,10,12,18H,8-9H2,(H,21,22,23)/t12-,18-/m0/s1. The monoisotopic (exact) mass is 382 g/mol. The van der Waals surface area contributed by atoms with Crippen LogP contribution in [0.5, 0.6) is 0 Å². The molecule has 2 aliphatic rings. The average Bonchev–Trinajstić information content (AvgIpc) is 3.32. The van der Waals surface area contributed by atoms with E-state index < -0.39 is 0 Å². The highest BCUT2D eigenvalue weighted by Gasteiger charge is 2.39. The Kier molecular flexibility index (Phi) is 3.69. The van der Waals surface area contributed by atoms with Gasteiger partial charge in [-0.2, -0.15) is 10.1 Å². The summed E-state index contributed by atoms with van der Waals surface area (Å²) in [5.74, 6) is 0.995. The number of aromatic nitrogens is 3. The van der Waals surface area contributed by atoms with Crippen LogP contribution in [0.2, 0.25) is 5.02 Å². The normalized spacial score (nSPS) is 22.0. The molecule has 130 valence electrons. The molecule has 0 spiro atoms. The molecular weight excluding hydrogens is 368 g/mol. The second kappa shape index (κ2) is 6.07. The largest absolute Gasteiger partial charge is 0.328 e. The summed E-state index contributed by atoms with van der Waals surface area (Å²) in [5, 5.41) is 10.4. The number of carbonyl (C=O) groups excluding carboxylic acids is 1. The van der Waals surface area contributed by atoms with Crippen LogP contribution in [0.25, 0.3) is 0 Å². The predicted octanol–water partition coefficient (Wildman–Crippen LogP) is 4.41. The molecule has 3 heterocycles. The number of nitrogens with one attached hydrogen (secondary N) is 1. The fourth-order valence-electron chi connectivity index (χ4n) is 3.83. The summed E-state index contributed by atoms with van der Waals surface area (Å²) in [4.78, 5) is 18.6. The molecule has 0 bridgehead atoms. The van der Waals surface area contributed by atoms with Crippen molar-refractivity contribution in [3.63, 3.8) is 0 Å². The van der Waals surface area contributed by atoms with Crippen LogP contribution in [0.15, 0.2) is 59.4 Å². The number of nitrogens with zero attached hydrogens (tertiary/aromatic N) is 3. The van der Waals surface area contributed by atoms with Gasteiger partial charge in [0.25, 0.3) is 0 Å². The van der Waals surface area contributed by atoms with E-state index >= 15 is 0 Å². The molecule has 5 rings (SSSR count). The summed E-state index contributed by atoms with van der Waals surface area (Å²) in [6.45, 7) is 0. The van der Waals surface area contributed by atoms with Gasteiger partial charge < -0.3 is 5.32 Å². The predicted molar refractivity (Wildman–Crippen MR) is 102 cm³/mol. The minimum Gasteiger partial charge on any atom is -0.328 e. The lowest BCUT2D eigenvalue weighted by Gasteiger charge is -2.34. The SMILES string of the molecule is O=C1C[C@@H](c2ccc(Cl)cc2)CC2=C1[C@H](c1cccs1)n1ncnc1N2. The molecule has 0 amide bonds. The van der Waals surface area contributed by atoms with Crippen molar-refractivity contribution in [1.82, 2.24) is 14.8 Å². The quantitative estimate of drug-likeness (QED) is 0.713. The number of fused-ring (bicyclic) bond motifs is 1. The first-order valence-electron chi connectivity index (χ1n) is 8.42. The van der Waals surface area contributed by atoms with Crippen LogP contribution in [0.1, 0.15) is 35.2 Å². The number of allylic oxidation sites excluding steroid dienone is 2. The van der Waals surface area contributed by atoms with Crippen molar-refractivity contribution in [2.24, 2.45) is 0 Å². The van der Waals surface area contributed by atoms with E-state index in [0.717, 1.165) is 28.1 Å². The van der Waals surface area contributed by atoms with E-state index in [1.54, 1.807) is 11.3 Å². The Morgan fingerprint density at radius 3 is 2.81 bits per heavy atom. The summed E-state index contributed by atoms with van der Waals surface area (Å²) in [6.07, 6.45) is 2.80. The third-order valence-corrected chi connectivity index (χ3v) is 6.19. The number of halogens is 1. The first-order chi connectivity index (χ1) is 12.7. The van der Waals surface area contributed by atoms with Gasteiger partial charge in [-0.15, -0.1) is 11.3 Å². The molecule has 0 fully saturated rings. The van der Waals surface area contributed by atoms with Crippen molar-refractivity contribution in [3.05, 3.63) is 74.8 Å². The Morgan fingerprint density at radius 1 is 1.19 bits per heavy atom. The number of Topliss-reactive ketones (excluding diaryl/α,β-unsaturated/α-hetero) is 1. The molecule has 0 saturated heterocycles. The number of hydrogen-bond acceptors (Lipinski definition) is 5. The van der Waals surface area contributed by atoms with E-state index in [0.29, 0.717) is 17.4 Å². The maximum Gasteiger partial charge on any atom is 0.226 e. The molecule has 0 radical (unpaired) electrons. The van der Waals surface area contributed by atoms with Crippen molar-refractivity contribution >= 4 is 34.7 Å². The molecule has 26 heavy (non-hydrogen) atoms. The molecule has 0 saturated carbocycles. The lowest BCUT2D eigenvalue weighted by Crippen LogP contribution is -2.33. The van der Waals surface area contributed by atoms with Gasteiger partial charge >= 0.3 is 0 Å². The Labute approximate surface area is 159 Å². The van der Waals surface area contributed by atoms with Crippen LogP contribution < -0.4 is 5.32 Å². The summed E-state index contributed by atoms with van der Waals surface area (Å²) in [7, 11) is 0. The third-order valence-electron chi connectivity index (χ3n) is 5.02. The van der Waals surface area contributed by atoms with Crippen LogP contribution in [0.3, 0.4) is 0 Å². The molecule has 0 unspecified atom stereocenters. The number of anilines is 1. The van der Waals surface area contributed by atoms with Gasteiger partial charge in [0.15, 0.2) is 5.78 Å². The molecule has 2 aromatic heterocycles. The van der Waals surface area contributed by atoms with E-state index in [2.05, 4.69) is 21.5 Å². The molecule has 3 aromatic rings. The van der Waals surface area contributed by atoms with Crippen molar-refractivity contribution in [3.8, 4) is 0 Å². The average molecular weight is 383 g/mol. The highest BCUT2D eigenvalue weighted by atomic mass is 35.5. The molecule has 5 nitrogen and oxygen atoms in total. The van der Waals surface area contributed by atoms with Crippen LogP contribution in [0, 0.1) is 0 Å². The second-order valence-corrected chi connectivity index (χ2v) is 7.96. The van der Waals surface area contributed by atoms with Gasteiger partial charge in [-0.3, -0.25) is 4.79 Å². The number of thiophene rings is 1. The Balaban J connectivity index is 1.58. The summed E-state index contributed by atoms with van der Waals surface area (Å²) < 4.78 is 1.81. The fourth-order valence-corrected chi connectivity index (χ4v) is 4.78. The van der Waals surface area contributed by atoms with Gasteiger partial charge in [0.1, 0.15) is 12.4 Å². The number of benzene rings is 1. The Hall–Kier alpha value is -2.44. The Morgan fingerprint density at radius 2 is 2.04 bits per heavy atom. The van der Waals surface area contributed by atoms with Crippen molar-refractivity contribution in [2.45, 2.75) is 24.8 Å². The van der Waals surface area contributed by atoms with E-state index in [9.17, 15) is 4.79 Å². The molecule has 1 N–H and O–H groups in total. The minimum atomic E-state index is -0.192. The number of carbonyl (C=O) groups is 1. The number of rotatable bonds is 2. The van der Waals surface area contributed by atoms with Gasteiger partial charge in [-0.05, 0) is 41.5 Å². The summed E-state index contributed by atoms with van der Waals surface area (Å²) in [5.41, 5.74) is 2.91. The second-order valence-electron chi connectivity index (χ2n) is 6.54. The van der Waals surface area contributed by atoms with Crippen LogP contribution in [-0.2, 0) is 4.79 Å². The van der Waals surface area contributed by atoms with Crippen molar-refractivity contribution in [1.29, 1.82) is 0 Å². The van der Waals surface area contributed by atoms with Gasteiger partial charge in [-0.1, -0.05) is 29.8 Å². The smallest absolute Gasteiger partial charge is 0.226 e. The van der Waals surface area contributed by atoms with E-state index in [1.807, 2.05) is 40.4 Å². The van der Waals surface area contributed by atoms with Gasteiger partial charge in [0, 0.05) is 27.6 Å². The van der Waals surface area contributed by atoms with E-state index in [1.165, 1.54) is 6.33 Å². The third kappa shape index (κ3) is 2.48. The highest BCUT2D eigenvalue weighted by Crippen LogP contribution is 2.44. The van der Waals surface area contributed by atoms with Gasteiger partial charge in [0.2, 0.25) is 5.95 Å². The highest BCUT2D eigenvalue weighted by molar-refractivity contribution is 7.10. The fraction of sp³-hybridized carbons (Fsp3) is 0.211. The molecule has 1 aromatic carbocycles. The van der Waals surface area contributed by atoms with E-state index in [-0.39, 0.29) is 17.7 Å². The van der Waals surface area contributed by atoms with Crippen molar-refractivity contribution in [2.75, 3.05) is 5.32 Å². The lowest BCUT2D eigenvalue weighted by atomic mass is 9.79. The maximum atomic E-state index is 13.1. The molecular formula is C19H15ClN4OS. The van der Waals surface area contributed by atoms with E-state index in [4.69, 9.17) is 11.6 Å². The zero-order valence-electron chi connectivity index (χ0n) is 13.7. The summed E-state index contributed by atoms with van der Waals surface area (Å²) in [6, 6.07) is 11.6. The van der Waals surface area contributed by atoms with Crippen LogP contribution >= 0.6 is 22.9 Å². The van der Waals surface area contributed by atoms with Gasteiger partial charge in [0.05, 0.1) is 0 Å². The molecule has 1 aliphatic heterocycles. The first-order valence-corrected chi connectivity index (χ1v) is 9.68. The Bertz CT molecular complexity index is 1010. The van der Waals surface area contributed by atoms with Crippen molar-refractivity contribution < 1.29 is 4.79 Å². The first kappa shape index (κ1) is 15.8. The topological polar surface area (TPSA) is 59.8 Å². The molecule has 2 atom stereocenters. The minimum absolute atomic E-state index is 0.143. The number of hydrogen-bond donors (Lipinski definition) is 1. The summed E-state index contributed by atoms with van der Waals surface area (Å²) >= 11 is 7.64. The zero-order chi connectivity index (χ0) is 17.7. The lowest BCUT2D eigenvalue weighted by molar-refractivity contribution is -0.116. The van der Waals surface area contributed by atoms with Crippen LogP contribution in [-0.4, -0.2) is 20.5 Å². The number of ketones is 1. The molecule has 7 heteroatoms. The molecule has 1 aliphatic carbocycles. The maximum absolute atomic E-state index is 13.1. The van der Waals surface area contributed by atoms with Gasteiger partial charge in [-0.25, -0.2) is 4.68 Å². The zero-order valence-corrected chi connectivity index (χ0v) is 15.3. The van der Waals surface area contributed by atoms with Crippen LogP contribution in [0.4, 0.5) is 5.95 Å².